The molecule has 0 amide bonds. The van der Waals surface area contributed by atoms with E-state index in [1.54, 1.807) is 0 Å². The van der Waals surface area contributed by atoms with Crippen LogP contribution in [0.5, 0.6) is 0 Å². The highest BCUT2D eigenvalue weighted by Crippen LogP contribution is 2.33. The lowest BCUT2D eigenvalue weighted by Crippen LogP contribution is -2.33. The number of hydrogen-bond acceptors (Lipinski definition) is 1. The number of H-pyrrole nitrogens is 1. The van der Waals surface area contributed by atoms with Crippen molar-refractivity contribution in [3.8, 4) is 0 Å². The van der Waals surface area contributed by atoms with Gasteiger partial charge >= 0.3 is 0 Å². The van der Waals surface area contributed by atoms with E-state index >= 15 is 0 Å². The average Bonchev–Trinajstić information content (AvgIpc) is 2.77. The molecule has 16 heavy (non-hydrogen) atoms. The Bertz CT molecular complexity index is 486. The highest BCUT2D eigenvalue weighted by atomic mass is 14.9. The summed E-state index contributed by atoms with van der Waals surface area (Å²) in [5.74, 6) is 1.42. The highest BCUT2D eigenvalue weighted by Gasteiger charge is 2.24. The van der Waals surface area contributed by atoms with Gasteiger partial charge < -0.3 is 10.3 Å². The lowest BCUT2D eigenvalue weighted by molar-refractivity contribution is 0.351. The van der Waals surface area contributed by atoms with Crippen molar-refractivity contribution in [2.45, 2.75) is 19.3 Å². The molecule has 1 aromatic carbocycles. The number of aromatic amines is 1. The zero-order valence-electron chi connectivity index (χ0n) is 9.66. The summed E-state index contributed by atoms with van der Waals surface area (Å²) in [6.07, 6.45) is 3.29. The molecule has 0 aliphatic carbocycles. The molecule has 1 fully saturated rings. The summed E-state index contributed by atoms with van der Waals surface area (Å²) in [7, 11) is 0. The van der Waals surface area contributed by atoms with Crippen LogP contribution >= 0.6 is 0 Å². The molecular weight excluding hydrogens is 196 g/mol. The first-order chi connectivity index (χ1) is 7.86. The zero-order valence-corrected chi connectivity index (χ0v) is 9.66. The van der Waals surface area contributed by atoms with Crippen LogP contribution in [0.2, 0.25) is 0 Å². The Morgan fingerprint density at radius 3 is 3.06 bits per heavy atom. The molecule has 1 aliphatic heterocycles. The number of nitrogens with one attached hydrogen (secondary N) is 2. The molecule has 2 unspecified atom stereocenters. The fourth-order valence-electron chi connectivity index (χ4n) is 2.89. The van der Waals surface area contributed by atoms with Crippen LogP contribution in [-0.4, -0.2) is 18.1 Å². The Labute approximate surface area is 96.1 Å². The van der Waals surface area contributed by atoms with Crippen molar-refractivity contribution in [3.05, 3.63) is 36.0 Å². The lowest BCUT2D eigenvalue weighted by atomic mass is 9.81. The minimum atomic E-state index is 0.698. The minimum Gasteiger partial charge on any atom is -0.361 e. The van der Waals surface area contributed by atoms with Gasteiger partial charge in [0.1, 0.15) is 0 Å². The second-order valence-corrected chi connectivity index (χ2v) is 4.87. The second kappa shape index (κ2) is 3.95. The van der Waals surface area contributed by atoms with E-state index in [1.807, 2.05) is 6.20 Å². The van der Waals surface area contributed by atoms with Gasteiger partial charge in [-0.05, 0) is 48.4 Å². The standard InChI is InChI=1S/C14H18N2/c1-10-9-15-7-6-12(10)13-4-2-3-11-5-8-16-14(11)13/h2-5,8,10,12,15-16H,6-7,9H2,1H3. The Hall–Kier alpha value is -1.28. The molecule has 0 bridgehead atoms. The van der Waals surface area contributed by atoms with Crippen molar-refractivity contribution in [1.82, 2.24) is 10.3 Å². The third kappa shape index (κ3) is 1.54. The average molecular weight is 214 g/mol. The van der Waals surface area contributed by atoms with Crippen molar-refractivity contribution in [2.75, 3.05) is 13.1 Å². The zero-order chi connectivity index (χ0) is 11.0. The van der Waals surface area contributed by atoms with Crippen molar-refractivity contribution in [3.63, 3.8) is 0 Å². The second-order valence-electron chi connectivity index (χ2n) is 4.87. The SMILES string of the molecule is CC1CNCCC1c1cccc2cc[nH]c12. The van der Waals surface area contributed by atoms with Gasteiger partial charge in [0.2, 0.25) is 0 Å². The smallest absolute Gasteiger partial charge is 0.0489 e. The van der Waals surface area contributed by atoms with Gasteiger partial charge in [-0.3, -0.25) is 0 Å². The van der Waals surface area contributed by atoms with Crippen LogP contribution in [0.3, 0.4) is 0 Å². The number of aromatic nitrogens is 1. The quantitative estimate of drug-likeness (QED) is 0.750. The molecule has 2 aromatic rings. The topological polar surface area (TPSA) is 27.8 Å². The van der Waals surface area contributed by atoms with Gasteiger partial charge in [0.15, 0.2) is 0 Å². The van der Waals surface area contributed by atoms with Crippen LogP contribution < -0.4 is 5.32 Å². The Morgan fingerprint density at radius 1 is 1.25 bits per heavy atom. The van der Waals surface area contributed by atoms with Crippen LogP contribution in [-0.2, 0) is 0 Å². The molecule has 2 N–H and O–H groups in total. The number of hydrogen-bond donors (Lipinski definition) is 2. The largest absolute Gasteiger partial charge is 0.361 e. The first kappa shape index (κ1) is 9.91. The van der Waals surface area contributed by atoms with E-state index < -0.39 is 0 Å². The number of rotatable bonds is 1. The summed E-state index contributed by atoms with van der Waals surface area (Å²) in [5, 5.41) is 4.80. The normalized spacial score (nSPS) is 26.1. The maximum absolute atomic E-state index is 3.47. The fraction of sp³-hybridized carbons (Fsp3) is 0.429. The maximum Gasteiger partial charge on any atom is 0.0489 e. The first-order valence-electron chi connectivity index (χ1n) is 6.13. The Kier molecular flexibility index (Phi) is 2.44. The van der Waals surface area contributed by atoms with Crippen molar-refractivity contribution >= 4 is 10.9 Å². The van der Waals surface area contributed by atoms with E-state index in [0.717, 1.165) is 19.0 Å². The van der Waals surface area contributed by atoms with Gasteiger partial charge in [0.25, 0.3) is 0 Å². The summed E-state index contributed by atoms with van der Waals surface area (Å²) in [6, 6.07) is 8.80. The van der Waals surface area contributed by atoms with Gasteiger partial charge in [-0.1, -0.05) is 25.1 Å². The molecule has 2 heteroatoms. The molecule has 0 spiro atoms. The molecule has 1 saturated heterocycles. The van der Waals surface area contributed by atoms with Crippen LogP contribution in [0.25, 0.3) is 10.9 Å². The number of para-hydroxylation sites is 1. The van der Waals surface area contributed by atoms with Crippen molar-refractivity contribution in [1.29, 1.82) is 0 Å². The molecule has 1 aromatic heterocycles. The molecule has 84 valence electrons. The van der Waals surface area contributed by atoms with Crippen LogP contribution in [0.15, 0.2) is 30.5 Å². The van der Waals surface area contributed by atoms with Crippen molar-refractivity contribution in [2.24, 2.45) is 5.92 Å². The van der Waals surface area contributed by atoms with Crippen LogP contribution in [0, 0.1) is 5.92 Å². The van der Waals surface area contributed by atoms with Crippen molar-refractivity contribution < 1.29 is 0 Å². The van der Waals surface area contributed by atoms with Crippen LogP contribution in [0.4, 0.5) is 0 Å². The Balaban J connectivity index is 2.07. The Morgan fingerprint density at radius 2 is 2.19 bits per heavy atom. The van der Waals surface area contributed by atoms with Gasteiger partial charge in [-0.2, -0.15) is 0 Å². The molecule has 3 rings (SSSR count). The predicted molar refractivity (Wildman–Crippen MR) is 67.7 cm³/mol. The highest BCUT2D eigenvalue weighted by molar-refractivity contribution is 5.83. The van der Waals surface area contributed by atoms with Gasteiger partial charge in [0.05, 0.1) is 0 Å². The summed E-state index contributed by atoms with van der Waals surface area (Å²) in [6.45, 7) is 4.63. The number of piperidine rings is 1. The fourth-order valence-corrected chi connectivity index (χ4v) is 2.89. The lowest BCUT2D eigenvalue weighted by Gasteiger charge is -2.30. The predicted octanol–water partition coefficient (Wildman–Crippen LogP) is 2.88. The van der Waals surface area contributed by atoms with E-state index in [4.69, 9.17) is 0 Å². The van der Waals surface area contributed by atoms with E-state index in [1.165, 1.54) is 22.9 Å². The van der Waals surface area contributed by atoms with E-state index in [0.29, 0.717) is 5.92 Å². The summed E-state index contributed by atoms with van der Waals surface area (Å²) in [4.78, 5) is 3.39. The van der Waals surface area contributed by atoms with Gasteiger partial charge in [-0.25, -0.2) is 0 Å². The van der Waals surface area contributed by atoms with Gasteiger partial charge in [-0.15, -0.1) is 0 Å². The van der Waals surface area contributed by atoms with E-state index in [2.05, 4.69) is 41.5 Å². The summed E-state index contributed by atoms with van der Waals surface area (Å²) < 4.78 is 0. The molecule has 0 saturated carbocycles. The molecule has 2 nitrogen and oxygen atoms in total. The molecule has 2 heterocycles. The van der Waals surface area contributed by atoms with Gasteiger partial charge in [0, 0.05) is 11.7 Å². The third-order valence-electron chi connectivity index (χ3n) is 3.80. The maximum atomic E-state index is 3.47. The molecular formula is C14H18N2. The summed E-state index contributed by atoms with van der Waals surface area (Å²) >= 11 is 0. The van der Waals surface area contributed by atoms with Crippen LogP contribution in [0.1, 0.15) is 24.8 Å². The minimum absolute atomic E-state index is 0.698. The number of fused-ring (bicyclic) bond motifs is 1. The van der Waals surface area contributed by atoms with E-state index in [-0.39, 0.29) is 0 Å². The first-order valence-corrected chi connectivity index (χ1v) is 6.13. The monoisotopic (exact) mass is 214 g/mol. The molecule has 2 atom stereocenters. The molecule has 0 radical (unpaired) electrons. The van der Waals surface area contributed by atoms with E-state index in [9.17, 15) is 0 Å². The molecule has 1 aliphatic rings. The summed E-state index contributed by atoms with van der Waals surface area (Å²) in [5.41, 5.74) is 2.83. The number of benzene rings is 1. The third-order valence-corrected chi connectivity index (χ3v) is 3.80.